The molecule has 16 heavy (non-hydrogen) atoms. The van der Waals surface area contributed by atoms with E-state index >= 15 is 0 Å². The number of ether oxygens (including phenoxy) is 1. The van der Waals surface area contributed by atoms with Crippen LogP contribution in [0.3, 0.4) is 0 Å². The van der Waals surface area contributed by atoms with Gasteiger partial charge in [-0.15, -0.1) is 0 Å². The Bertz CT molecular complexity index is 216. The van der Waals surface area contributed by atoms with Crippen molar-refractivity contribution < 1.29 is 14.6 Å². The van der Waals surface area contributed by atoms with E-state index in [0.717, 1.165) is 25.5 Å². The van der Waals surface area contributed by atoms with Gasteiger partial charge in [0.1, 0.15) is 0 Å². The van der Waals surface area contributed by atoms with Gasteiger partial charge in [-0.05, 0) is 32.2 Å². The van der Waals surface area contributed by atoms with Crippen LogP contribution in [-0.2, 0) is 9.53 Å². The average molecular weight is 229 g/mol. The molecule has 1 N–H and O–H groups in total. The summed E-state index contributed by atoms with van der Waals surface area (Å²) in [5, 5.41) is 8.76. The molecule has 0 saturated heterocycles. The largest absolute Gasteiger partial charge is 0.481 e. The first kappa shape index (κ1) is 13.5. The number of nitrogens with zero attached hydrogens (tertiary/aromatic N) is 1. The highest BCUT2D eigenvalue weighted by Crippen LogP contribution is 2.28. The molecule has 1 aliphatic rings. The first-order chi connectivity index (χ1) is 7.63. The van der Waals surface area contributed by atoms with Gasteiger partial charge in [0.15, 0.2) is 0 Å². The van der Waals surface area contributed by atoms with E-state index < -0.39 is 5.97 Å². The number of carboxylic acid groups (broad SMARTS) is 1. The molecule has 1 unspecified atom stereocenters. The maximum absolute atomic E-state index is 10.6. The minimum absolute atomic E-state index is 0.127. The molecule has 4 heteroatoms. The summed E-state index contributed by atoms with van der Waals surface area (Å²) in [4.78, 5) is 12.7. The molecule has 1 saturated carbocycles. The maximum atomic E-state index is 10.6. The standard InChI is InChI=1S/C12H23NO3/c1-3-11(8-12(14)15)13(2)6-7-16-9-10-4-5-10/h10-11H,3-9H2,1-2H3,(H,14,15). The SMILES string of the molecule is CCC(CC(=O)O)N(C)CCOCC1CC1. The molecule has 0 heterocycles. The summed E-state index contributed by atoms with van der Waals surface area (Å²) in [5.74, 6) is 0.0731. The van der Waals surface area contributed by atoms with Gasteiger partial charge in [-0.2, -0.15) is 0 Å². The average Bonchev–Trinajstić information content (AvgIpc) is 3.04. The van der Waals surface area contributed by atoms with Gasteiger partial charge < -0.3 is 14.7 Å². The van der Waals surface area contributed by atoms with Gasteiger partial charge >= 0.3 is 5.97 Å². The zero-order valence-corrected chi connectivity index (χ0v) is 10.3. The Balaban J connectivity index is 2.09. The number of likely N-dealkylation sites (N-methyl/N-ethyl adjacent to an activating group) is 1. The van der Waals surface area contributed by atoms with Crippen LogP contribution < -0.4 is 0 Å². The minimum atomic E-state index is -0.724. The molecule has 0 radical (unpaired) electrons. The zero-order chi connectivity index (χ0) is 12.0. The Morgan fingerprint density at radius 2 is 2.25 bits per heavy atom. The summed E-state index contributed by atoms with van der Waals surface area (Å²) in [5.41, 5.74) is 0. The van der Waals surface area contributed by atoms with E-state index in [1.807, 2.05) is 14.0 Å². The molecule has 0 spiro atoms. The Kier molecular flexibility index (Phi) is 5.77. The highest BCUT2D eigenvalue weighted by molar-refractivity contribution is 5.67. The summed E-state index contributed by atoms with van der Waals surface area (Å²) in [6.45, 7) is 4.43. The summed E-state index contributed by atoms with van der Waals surface area (Å²) in [7, 11) is 1.97. The van der Waals surface area contributed by atoms with Crippen molar-refractivity contribution in [2.24, 2.45) is 5.92 Å². The number of rotatable bonds is 9. The molecule has 0 amide bonds. The molecule has 94 valence electrons. The van der Waals surface area contributed by atoms with Crippen molar-refractivity contribution in [2.45, 2.75) is 38.6 Å². The summed E-state index contributed by atoms with van der Waals surface area (Å²) < 4.78 is 5.54. The lowest BCUT2D eigenvalue weighted by atomic mass is 10.1. The van der Waals surface area contributed by atoms with E-state index in [0.29, 0.717) is 6.61 Å². The smallest absolute Gasteiger partial charge is 0.304 e. The van der Waals surface area contributed by atoms with Gasteiger partial charge in [0.2, 0.25) is 0 Å². The van der Waals surface area contributed by atoms with Crippen molar-refractivity contribution in [1.82, 2.24) is 4.90 Å². The van der Waals surface area contributed by atoms with Crippen LogP contribution in [0.25, 0.3) is 0 Å². The van der Waals surface area contributed by atoms with Crippen LogP contribution >= 0.6 is 0 Å². The highest BCUT2D eigenvalue weighted by atomic mass is 16.5. The predicted molar refractivity (Wildman–Crippen MR) is 62.5 cm³/mol. The van der Waals surface area contributed by atoms with Crippen LogP contribution in [0.1, 0.15) is 32.6 Å². The molecular formula is C12H23NO3. The molecular weight excluding hydrogens is 206 g/mol. The molecule has 1 rings (SSSR count). The molecule has 1 fully saturated rings. The van der Waals surface area contributed by atoms with E-state index in [4.69, 9.17) is 9.84 Å². The second-order valence-electron chi connectivity index (χ2n) is 4.66. The van der Waals surface area contributed by atoms with Gasteiger partial charge in [-0.25, -0.2) is 0 Å². The van der Waals surface area contributed by atoms with Crippen molar-refractivity contribution in [1.29, 1.82) is 0 Å². The molecule has 0 aromatic rings. The van der Waals surface area contributed by atoms with E-state index in [-0.39, 0.29) is 12.5 Å². The quantitative estimate of drug-likeness (QED) is 0.610. The summed E-state index contributed by atoms with van der Waals surface area (Å²) in [6.07, 6.45) is 3.71. The molecule has 4 nitrogen and oxygen atoms in total. The van der Waals surface area contributed by atoms with Crippen molar-refractivity contribution in [3.05, 3.63) is 0 Å². The number of aliphatic carboxylic acids is 1. The van der Waals surface area contributed by atoms with Gasteiger partial charge in [0.25, 0.3) is 0 Å². The first-order valence-corrected chi connectivity index (χ1v) is 6.13. The predicted octanol–water partition coefficient (Wildman–Crippen LogP) is 1.60. The monoisotopic (exact) mass is 229 g/mol. The fourth-order valence-electron chi connectivity index (χ4n) is 1.74. The van der Waals surface area contributed by atoms with Crippen LogP contribution in [0.4, 0.5) is 0 Å². The molecule has 0 aliphatic heterocycles. The Morgan fingerprint density at radius 3 is 2.75 bits per heavy atom. The van der Waals surface area contributed by atoms with Crippen molar-refractivity contribution in [3.8, 4) is 0 Å². The van der Waals surface area contributed by atoms with E-state index in [1.54, 1.807) is 0 Å². The van der Waals surface area contributed by atoms with Crippen molar-refractivity contribution >= 4 is 5.97 Å². The number of carboxylic acids is 1. The Labute approximate surface area is 97.6 Å². The third-order valence-corrected chi connectivity index (χ3v) is 3.14. The fraction of sp³-hybridized carbons (Fsp3) is 0.917. The lowest BCUT2D eigenvalue weighted by Crippen LogP contribution is -2.35. The van der Waals surface area contributed by atoms with E-state index in [2.05, 4.69) is 4.90 Å². The van der Waals surface area contributed by atoms with Crippen molar-refractivity contribution in [2.75, 3.05) is 26.8 Å². The van der Waals surface area contributed by atoms with Crippen LogP contribution in [0.15, 0.2) is 0 Å². The molecule has 0 aromatic heterocycles. The number of carbonyl (C=O) groups is 1. The lowest BCUT2D eigenvalue weighted by molar-refractivity contribution is -0.138. The highest BCUT2D eigenvalue weighted by Gasteiger charge is 2.21. The lowest BCUT2D eigenvalue weighted by Gasteiger charge is -2.25. The Hall–Kier alpha value is -0.610. The van der Waals surface area contributed by atoms with Crippen LogP contribution in [-0.4, -0.2) is 48.8 Å². The topological polar surface area (TPSA) is 49.8 Å². The third-order valence-electron chi connectivity index (χ3n) is 3.14. The summed E-state index contributed by atoms with van der Waals surface area (Å²) in [6, 6.07) is 0.127. The van der Waals surface area contributed by atoms with Gasteiger partial charge in [-0.1, -0.05) is 6.92 Å². The van der Waals surface area contributed by atoms with Gasteiger partial charge in [-0.3, -0.25) is 4.79 Å². The van der Waals surface area contributed by atoms with E-state index in [9.17, 15) is 4.79 Å². The normalized spacial score (nSPS) is 17.7. The van der Waals surface area contributed by atoms with Crippen LogP contribution in [0.2, 0.25) is 0 Å². The Morgan fingerprint density at radius 1 is 1.56 bits per heavy atom. The second kappa shape index (κ2) is 6.86. The maximum Gasteiger partial charge on any atom is 0.304 e. The number of hydrogen-bond donors (Lipinski definition) is 1. The van der Waals surface area contributed by atoms with Gasteiger partial charge in [0, 0.05) is 19.2 Å². The third kappa shape index (κ3) is 5.47. The van der Waals surface area contributed by atoms with Crippen LogP contribution in [0, 0.1) is 5.92 Å². The molecule has 0 aromatic carbocycles. The molecule has 0 bridgehead atoms. The molecule has 1 atom stereocenters. The second-order valence-corrected chi connectivity index (χ2v) is 4.66. The summed E-state index contributed by atoms with van der Waals surface area (Å²) >= 11 is 0. The molecule has 1 aliphatic carbocycles. The zero-order valence-electron chi connectivity index (χ0n) is 10.3. The van der Waals surface area contributed by atoms with E-state index in [1.165, 1.54) is 12.8 Å². The fourth-order valence-corrected chi connectivity index (χ4v) is 1.74. The minimum Gasteiger partial charge on any atom is -0.481 e. The number of hydrogen-bond acceptors (Lipinski definition) is 3. The van der Waals surface area contributed by atoms with Crippen LogP contribution in [0.5, 0.6) is 0 Å². The van der Waals surface area contributed by atoms with Gasteiger partial charge in [0.05, 0.1) is 13.0 Å². The van der Waals surface area contributed by atoms with Crippen molar-refractivity contribution in [3.63, 3.8) is 0 Å². The first-order valence-electron chi connectivity index (χ1n) is 6.13.